The lowest BCUT2D eigenvalue weighted by Gasteiger charge is -2.26. The highest BCUT2D eigenvalue weighted by molar-refractivity contribution is 4.98. The predicted octanol–water partition coefficient (Wildman–Crippen LogP) is 2.95. The molecule has 0 aromatic carbocycles. The van der Waals surface area contributed by atoms with Gasteiger partial charge in [-0.1, -0.05) is 40.0 Å². The molecule has 1 rings (SSSR count). The molecule has 0 atom stereocenters. The van der Waals surface area contributed by atoms with Gasteiger partial charge in [-0.05, 0) is 11.8 Å². The summed E-state index contributed by atoms with van der Waals surface area (Å²) < 4.78 is 2.19. The van der Waals surface area contributed by atoms with E-state index in [2.05, 4.69) is 30.3 Å². The fourth-order valence-electron chi connectivity index (χ4n) is 2.05. The summed E-state index contributed by atoms with van der Waals surface area (Å²) in [5.74, 6) is 0. The lowest BCUT2D eigenvalue weighted by molar-refractivity contribution is 0.268. The van der Waals surface area contributed by atoms with E-state index in [0.29, 0.717) is 12.0 Å². The molecular formula is C13H25N3. The van der Waals surface area contributed by atoms with Gasteiger partial charge >= 0.3 is 0 Å². The van der Waals surface area contributed by atoms with Crippen molar-refractivity contribution >= 4 is 0 Å². The standard InChI is InChI=1S/C13H25N3/c1-4-5-6-7-13(2,3)10-16-11-15-9-12(16)8-14/h9,11H,4-8,10,14H2,1-3H3. The molecule has 0 fully saturated rings. The molecule has 0 amide bonds. The number of aromatic nitrogens is 2. The summed E-state index contributed by atoms with van der Waals surface area (Å²) in [6, 6.07) is 0. The Morgan fingerprint density at radius 2 is 2.12 bits per heavy atom. The highest BCUT2D eigenvalue weighted by Gasteiger charge is 2.18. The molecule has 0 saturated carbocycles. The second-order valence-corrected chi connectivity index (χ2v) is 5.34. The van der Waals surface area contributed by atoms with Gasteiger partial charge in [-0.2, -0.15) is 0 Å². The Balaban J connectivity index is 2.51. The largest absolute Gasteiger partial charge is 0.333 e. The van der Waals surface area contributed by atoms with Crippen molar-refractivity contribution in [1.82, 2.24) is 9.55 Å². The van der Waals surface area contributed by atoms with Gasteiger partial charge in [0.1, 0.15) is 0 Å². The molecule has 1 aromatic heterocycles. The number of hydrogen-bond acceptors (Lipinski definition) is 2. The Hall–Kier alpha value is -0.830. The smallest absolute Gasteiger partial charge is 0.0948 e. The van der Waals surface area contributed by atoms with Gasteiger partial charge < -0.3 is 10.3 Å². The van der Waals surface area contributed by atoms with Crippen LogP contribution in [0.2, 0.25) is 0 Å². The second-order valence-electron chi connectivity index (χ2n) is 5.34. The second kappa shape index (κ2) is 6.04. The number of imidazole rings is 1. The van der Waals surface area contributed by atoms with Crippen molar-refractivity contribution in [2.24, 2.45) is 11.1 Å². The SMILES string of the molecule is CCCCCC(C)(C)Cn1cncc1CN. The van der Waals surface area contributed by atoms with Gasteiger partial charge in [0.15, 0.2) is 0 Å². The molecule has 0 bridgehead atoms. The van der Waals surface area contributed by atoms with E-state index in [1.54, 1.807) is 0 Å². The molecule has 0 aliphatic carbocycles. The summed E-state index contributed by atoms with van der Waals surface area (Å²) in [6.45, 7) is 8.48. The first-order valence-corrected chi connectivity index (χ1v) is 6.28. The fraction of sp³-hybridized carbons (Fsp3) is 0.769. The van der Waals surface area contributed by atoms with E-state index in [1.807, 2.05) is 12.5 Å². The summed E-state index contributed by atoms with van der Waals surface area (Å²) in [4.78, 5) is 4.16. The Bertz CT molecular complexity index is 302. The number of unbranched alkanes of at least 4 members (excludes halogenated alkanes) is 2. The third kappa shape index (κ3) is 3.97. The van der Waals surface area contributed by atoms with Crippen LogP contribution in [-0.4, -0.2) is 9.55 Å². The molecule has 0 radical (unpaired) electrons. The van der Waals surface area contributed by atoms with Crippen LogP contribution < -0.4 is 5.73 Å². The summed E-state index contributed by atoms with van der Waals surface area (Å²) in [5.41, 5.74) is 7.14. The molecule has 0 unspecified atom stereocenters. The van der Waals surface area contributed by atoms with Crippen molar-refractivity contribution in [2.45, 2.75) is 59.5 Å². The molecule has 2 N–H and O–H groups in total. The molecular weight excluding hydrogens is 198 g/mol. The van der Waals surface area contributed by atoms with Crippen molar-refractivity contribution in [3.05, 3.63) is 18.2 Å². The first-order valence-electron chi connectivity index (χ1n) is 6.28. The van der Waals surface area contributed by atoms with E-state index in [9.17, 15) is 0 Å². The zero-order valence-corrected chi connectivity index (χ0v) is 10.9. The van der Waals surface area contributed by atoms with Crippen LogP contribution in [0.25, 0.3) is 0 Å². The average Bonchev–Trinajstić information content (AvgIpc) is 2.64. The van der Waals surface area contributed by atoms with Crippen LogP contribution in [0.1, 0.15) is 52.1 Å². The average molecular weight is 223 g/mol. The van der Waals surface area contributed by atoms with Crippen LogP contribution in [0.3, 0.4) is 0 Å². The highest BCUT2D eigenvalue weighted by Crippen LogP contribution is 2.26. The molecule has 3 heteroatoms. The van der Waals surface area contributed by atoms with Crippen molar-refractivity contribution in [3.63, 3.8) is 0 Å². The molecule has 0 spiro atoms. The normalized spacial score (nSPS) is 12.0. The fourth-order valence-corrected chi connectivity index (χ4v) is 2.05. The Morgan fingerprint density at radius 3 is 2.75 bits per heavy atom. The number of nitrogens with two attached hydrogens (primary N) is 1. The summed E-state index contributed by atoms with van der Waals surface area (Å²) in [7, 11) is 0. The zero-order valence-electron chi connectivity index (χ0n) is 10.9. The van der Waals surface area contributed by atoms with E-state index in [-0.39, 0.29) is 0 Å². The number of hydrogen-bond donors (Lipinski definition) is 1. The van der Waals surface area contributed by atoms with Gasteiger partial charge in [0.25, 0.3) is 0 Å². The summed E-state index contributed by atoms with van der Waals surface area (Å²) in [5, 5.41) is 0. The van der Waals surface area contributed by atoms with E-state index in [4.69, 9.17) is 5.73 Å². The van der Waals surface area contributed by atoms with Gasteiger partial charge in [0.2, 0.25) is 0 Å². The first kappa shape index (κ1) is 13.2. The van der Waals surface area contributed by atoms with Crippen molar-refractivity contribution in [3.8, 4) is 0 Å². The molecule has 1 heterocycles. The third-order valence-electron chi connectivity index (χ3n) is 3.06. The molecule has 0 saturated heterocycles. The van der Waals surface area contributed by atoms with E-state index >= 15 is 0 Å². The number of nitrogens with zero attached hydrogens (tertiary/aromatic N) is 2. The summed E-state index contributed by atoms with van der Waals surface area (Å²) in [6.07, 6.45) is 8.96. The lowest BCUT2D eigenvalue weighted by atomic mass is 9.86. The lowest BCUT2D eigenvalue weighted by Crippen LogP contribution is -2.21. The maximum atomic E-state index is 5.67. The van der Waals surface area contributed by atoms with Gasteiger partial charge in [-0.3, -0.25) is 0 Å². The minimum Gasteiger partial charge on any atom is -0.333 e. The van der Waals surface area contributed by atoms with Crippen LogP contribution in [0.5, 0.6) is 0 Å². The molecule has 16 heavy (non-hydrogen) atoms. The number of rotatable bonds is 7. The maximum Gasteiger partial charge on any atom is 0.0948 e. The monoisotopic (exact) mass is 223 g/mol. The van der Waals surface area contributed by atoms with Crippen LogP contribution >= 0.6 is 0 Å². The first-order chi connectivity index (χ1) is 7.59. The zero-order chi connectivity index (χ0) is 12.0. The van der Waals surface area contributed by atoms with Crippen LogP contribution in [0, 0.1) is 5.41 Å². The van der Waals surface area contributed by atoms with Crippen molar-refractivity contribution in [2.75, 3.05) is 0 Å². The Labute approximate surface area is 99.1 Å². The summed E-state index contributed by atoms with van der Waals surface area (Å²) >= 11 is 0. The topological polar surface area (TPSA) is 43.8 Å². The van der Waals surface area contributed by atoms with Crippen molar-refractivity contribution in [1.29, 1.82) is 0 Å². The molecule has 1 aromatic rings. The van der Waals surface area contributed by atoms with E-state index in [0.717, 1.165) is 12.2 Å². The molecule has 3 nitrogen and oxygen atoms in total. The molecule has 92 valence electrons. The van der Waals surface area contributed by atoms with Crippen LogP contribution in [0.15, 0.2) is 12.5 Å². The quantitative estimate of drug-likeness (QED) is 0.722. The third-order valence-corrected chi connectivity index (χ3v) is 3.06. The maximum absolute atomic E-state index is 5.67. The predicted molar refractivity (Wildman–Crippen MR) is 68.0 cm³/mol. The Kier molecular flexibility index (Phi) is 5.00. The minimum absolute atomic E-state index is 0.333. The van der Waals surface area contributed by atoms with Crippen molar-refractivity contribution < 1.29 is 0 Å². The minimum atomic E-state index is 0.333. The molecule has 0 aliphatic heterocycles. The van der Waals surface area contributed by atoms with Crippen LogP contribution in [-0.2, 0) is 13.1 Å². The van der Waals surface area contributed by atoms with Crippen LogP contribution in [0.4, 0.5) is 0 Å². The van der Waals surface area contributed by atoms with Gasteiger partial charge in [0, 0.05) is 19.3 Å². The van der Waals surface area contributed by atoms with E-state index in [1.165, 1.54) is 25.7 Å². The molecule has 0 aliphatic rings. The van der Waals surface area contributed by atoms with E-state index < -0.39 is 0 Å². The van der Waals surface area contributed by atoms with Gasteiger partial charge in [-0.25, -0.2) is 4.98 Å². The van der Waals surface area contributed by atoms with Gasteiger partial charge in [-0.15, -0.1) is 0 Å². The van der Waals surface area contributed by atoms with Gasteiger partial charge in [0.05, 0.1) is 12.0 Å². The highest BCUT2D eigenvalue weighted by atomic mass is 15.1. The Morgan fingerprint density at radius 1 is 1.38 bits per heavy atom.